The van der Waals surface area contributed by atoms with Gasteiger partial charge in [0.05, 0.1) is 10.7 Å². The zero-order valence-electron chi connectivity index (χ0n) is 12.4. The largest absolute Gasteiger partial charge is 0.329 e. The van der Waals surface area contributed by atoms with Crippen LogP contribution >= 0.6 is 23.2 Å². The Morgan fingerprint density at radius 2 is 1.95 bits per heavy atom. The number of hydrogen-bond acceptors (Lipinski definition) is 2. The average molecular weight is 341 g/mol. The van der Waals surface area contributed by atoms with Crippen LogP contribution < -0.4 is 4.90 Å². The topological polar surface area (TPSA) is 40.6 Å². The fourth-order valence-electron chi connectivity index (χ4n) is 3.00. The minimum absolute atomic E-state index is 0.0943. The number of benzene rings is 1. The van der Waals surface area contributed by atoms with E-state index in [0.29, 0.717) is 28.8 Å². The SMILES string of the molecule is C[C@H]1C(=O)N(c2ccc(Cl)cc2Cl)CCN1C(=O)C1CCC1. The Morgan fingerprint density at radius 1 is 1.23 bits per heavy atom. The Balaban J connectivity index is 1.78. The Hall–Kier alpha value is -1.26. The highest BCUT2D eigenvalue weighted by Gasteiger charge is 2.39. The Bertz CT molecular complexity index is 616. The molecule has 2 fully saturated rings. The van der Waals surface area contributed by atoms with Gasteiger partial charge in [0.15, 0.2) is 0 Å². The molecular formula is C16H18Cl2N2O2. The predicted octanol–water partition coefficient (Wildman–Crippen LogP) is 3.36. The molecule has 118 valence electrons. The first kappa shape index (κ1) is 15.6. The number of piperazine rings is 1. The molecule has 0 spiro atoms. The van der Waals surface area contributed by atoms with Crippen molar-refractivity contribution in [2.45, 2.75) is 32.2 Å². The molecule has 1 heterocycles. The third-order valence-electron chi connectivity index (χ3n) is 4.59. The molecule has 0 unspecified atom stereocenters. The van der Waals surface area contributed by atoms with E-state index in [1.807, 2.05) is 0 Å². The van der Waals surface area contributed by atoms with Crippen molar-refractivity contribution < 1.29 is 9.59 Å². The number of carbonyl (C=O) groups is 2. The maximum atomic E-state index is 12.6. The van der Waals surface area contributed by atoms with E-state index in [1.165, 1.54) is 0 Å². The molecule has 0 radical (unpaired) electrons. The molecule has 1 saturated heterocycles. The van der Waals surface area contributed by atoms with Gasteiger partial charge < -0.3 is 9.80 Å². The van der Waals surface area contributed by atoms with Crippen LogP contribution in [0.4, 0.5) is 5.69 Å². The van der Waals surface area contributed by atoms with Gasteiger partial charge in [-0.15, -0.1) is 0 Å². The van der Waals surface area contributed by atoms with Gasteiger partial charge in [-0.05, 0) is 38.0 Å². The first-order chi connectivity index (χ1) is 10.5. The van der Waals surface area contributed by atoms with Gasteiger partial charge in [0.2, 0.25) is 11.8 Å². The highest BCUT2D eigenvalue weighted by molar-refractivity contribution is 6.36. The molecule has 0 aromatic heterocycles. The van der Waals surface area contributed by atoms with E-state index >= 15 is 0 Å². The molecule has 4 nitrogen and oxygen atoms in total. The molecule has 1 atom stereocenters. The summed E-state index contributed by atoms with van der Waals surface area (Å²) in [4.78, 5) is 28.4. The summed E-state index contributed by atoms with van der Waals surface area (Å²) in [7, 11) is 0. The third kappa shape index (κ3) is 2.70. The quantitative estimate of drug-likeness (QED) is 0.828. The number of rotatable bonds is 2. The van der Waals surface area contributed by atoms with E-state index in [2.05, 4.69) is 0 Å². The molecule has 1 saturated carbocycles. The first-order valence-electron chi connectivity index (χ1n) is 7.56. The molecule has 1 aromatic rings. The van der Waals surface area contributed by atoms with E-state index in [-0.39, 0.29) is 17.7 Å². The molecule has 0 N–H and O–H groups in total. The molecule has 1 aliphatic carbocycles. The van der Waals surface area contributed by atoms with Crippen LogP contribution in [0.15, 0.2) is 18.2 Å². The van der Waals surface area contributed by atoms with Crippen LogP contribution in [0, 0.1) is 5.92 Å². The van der Waals surface area contributed by atoms with E-state index in [0.717, 1.165) is 19.3 Å². The van der Waals surface area contributed by atoms with Gasteiger partial charge in [0.1, 0.15) is 6.04 Å². The van der Waals surface area contributed by atoms with Crippen LogP contribution in [0.2, 0.25) is 10.0 Å². The van der Waals surface area contributed by atoms with Crippen molar-refractivity contribution in [2.24, 2.45) is 5.92 Å². The number of carbonyl (C=O) groups excluding carboxylic acids is 2. The van der Waals surface area contributed by atoms with Crippen molar-refractivity contribution >= 4 is 40.7 Å². The van der Waals surface area contributed by atoms with Gasteiger partial charge >= 0.3 is 0 Å². The van der Waals surface area contributed by atoms with Gasteiger partial charge in [-0.3, -0.25) is 9.59 Å². The van der Waals surface area contributed by atoms with Crippen molar-refractivity contribution in [2.75, 3.05) is 18.0 Å². The van der Waals surface area contributed by atoms with E-state index in [1.54, 1.807) is 34.9 Å². The summed E-state index contributed by atoms with van der Waals surface area (Å²) in [5.74, 6) is 0.137. The zero-order chi connectivity index (χ0) is 15.9. The minimum Gasteiger partial charge on any atom is -0.329 e. The normalized spacial score (nSPS) is 22.7. The lowest BCUT2D eigenvalue weighted by molar-refractivity contribution is -0.146. The van der Waals surface area contributed by atoms with E-state index in [4.69, 9.17) is 23.2 Å². The highest BCUT2D eigenvalue weighted by Crippen LogP contribution is 2.33. The number of anilines is 1. The second kappa shape index (κ2) is 6.09. The summed E-state index contributed by atoms with van der Waals surface area (Å²) in [6, 6.07) is 4.64. The lowest BCUT2D eigenvalue weighted by Gasteiger charge is -2.42. The fourth-order valence-corrected chi connectivity index (χ4v) is 3.51. The average Bonchev–Trinajstić information content (AvgIpc) is 2.40. The summed E-state index contributed by atoms with van der Waals surface area (Å²) in [5.41, 5.74) is 0.652. The molecule has 3 rings (SSSR count). The Morgan fingerprint density at radius 3 is 2.55 bits per heavy atom. The lowest BCUT2D eigenvalue weighted by atomic mass is 9.84. The van der Waals surface area contributed by atoms with Gasteiger partial charge in [-0.1, -0.05) is 29.6 Å². The molecule has 1 aromatic carbocycles. The summed E-state index contributed by atoms with van der Waals surface area (Å²) in [5, 5.41) is 0.986. The number of halogens is 2. The van der Waals surface area contributed by atoms with E-state index in [9.17, 15) is 9.59 Å². The van der Waals surface area contributed by atoms with Crippen molar-refractivity contribution in [3.8, 4) is 0 Å². The van der Waals surface area contributed by atoms with Crippen LogP contribution in [0.1, 0.15) is 26.2 Å². The highest BCUT2D eigenvalue weighted by atomic mass is 35.5. The van der Waals surface area contributed by atoms with Gasteiger partial charge in [-0.2, -0.15) is 0 Å². The number of amides is 2. The number of nitrogens with zero attached hydrogens (tertiary/aromatic N) is 2. The third-order valence-corrected chi connectivity index (χ3v) is 5.13. The zero-order valence-corrected chi connectivity index (χ0v) is 13.9. The van der Waals surface area contributed by atoms with Crippen LogP contribution in [0.25, 0.3) is 0 Å². The fraction of sp³-hybridized carbons (Fsp3) is 0.500. The molecule has 2 amide bonds. The van der Waals surface area contributed by atoms with Gasteiger partial charge in [0, 0.05) is 24.0 Å². The van der Waals surface area contributed by atoms with Crippen LogP contribution in [-0.4, -0.2) is 35.8 Å². The summed E-state index contributed by atoms with van der Waals surface area (Å²) < 4.78 is 0. The summed E-state index contributed by atoms with van der Waals surface area (Å²) >= 11 is 12.1. The molecule has 22 heavy (non-hydrogen) atoms. The Labute approximate surface area is 140 Å². The van der Waals surface area contributed by atoms with Crippen molar-refractivity contribution in [1.82, 2.24) is 4.90 Å². The van der Waals surface area contributed by atoms with Gasteiger partial charge in [-0.25, -0.2) is 0 Å². The van der Waals surface area contributed by atoms with Crippen LogP contribution in [0.3, 0.4) is 0 Å². The molecule has 2 aliphatic rings. The van der Waals surface area contributed by atoms with Crippen molar-refractivity contribution in [1.29, 1.82) is 0 Å². The lowest BCUT2D eigenvalue weighted by Crippen LogP contribution is -2.59. The van der Waals surface area contributed by atoms with Crippen molar-refractivity contribution in [3.63, 3.8) is 0 Å². The molecular weight excluding hydrogens is 323 g/mol. The predicted molar refractivity (Wildman–Crippen MR) is 87.3 cm³/mol. The van der Waals surface area contributed by atoms with E-state index < -0.39 is 6.04 Å². The second-order valence-electron chi connectivity index (χ2n) is 5.92. The summed E-state index contributed by atoms with van der Waals surface area (Å²) in [6.45, 7) is 2.79. The Kier molecular flexibility index (Phi) is 4.33. The first-order valence-corrected chi connectivity index (χ1v) is 8.31. The standard InChI is InChI=1S/C16H18Cl2N2O2/c1-10-15(21)20(14-6-5-12(17)9-13(14)18)8-7-19(10)16(22)11-3-2-4-11/h5-6,9-11H,2-4,7-8H2,1H3/t10-/m0/s1. The van der Waals surface area contributed by atoms with Crippen LogP contribution in [-0.2, 0) is 9.59 Å². The smallest absolute Gasteiger partial charge is 0.249 e. The van der Waals surface area contributed by atoms with Crippen LogP contribution in [0.5, 0.6) is 0 Å². The van der Waals surface area contributed by atoms with Gasteiger partial charge in [0.25, 0.3) is 0 Å². The molecule has 6 heteroatoms. The second-order valence-corrected chi connectivity index (χ2v) is 6.76. The maximum absolute atomic E-state index is 12.6. The summed E-state index contributed by atoms with van der Waals surface area (Å²) in [6.07, 6.45) is 3.00. The molecule has 0 bridgehead atoms. The number of hydrogen-bond donors (Lipinski definition) is 0. The maximum Gasteiger partial charge on any atom is 0.249 e. The van der Waals surface area contributed by atoms with Crippen molar-refractivity contribution in [3.05, 3.63) is 28.2 Å². The monoisotopic (exact) mass is 340 g/mol. The molecule has 1 aliphatic heterocycles. The minimum atomic E-state index is -0.450.